The molecule has 10 rings (SSSR count). The average Bonchev–Trinajstić information content (AvgIpc) is 3.32. The number of hydrogen-bond donors (Lipinski definition) is 0. The van der Waals surface area contributed by atoms with Crippen LogP contribution in [0.1, 0.15) is 12.5 Å². The molecule has 2 heteroatoms. The summed E-state index contributed by atoms with van der Waals surface area (Å²) in [5.41, 5.74) is 12.8. The zero-order valence-corrected chi connectivity index (χ0v) is 34.1. The zero-order valence-electron chi connectivity index (χ0n) is 34.1. The molecule has 290 valence electrons. The van der Waals surface area contributed by atoms with Gasteiger partial charge in [-0.2, -0.15) is 0 Å². The molecule has 0 fully saturated rings. The van der Waals surface area contributed by atoms with Crippen LogP contribution in [0.3, 0.4) is 0 Å². The quantitative estimate of drug-likeness (QED) is 0.128. The fourth-order valence-corrected chi connectivity index (χ4v) is 8.63. The molecule has 0 amide bonds. The number of rotatable bonds is 10. The Kier molecular flexibility index (Phi) is 10.2. The molecule has 0 atom stereocenters. The van der Waals surface area contributed by atoms with Crippen LogP contribution in [0.25, 0.3) is 60.6 Å². The van der Waals surface area contributed by atoms with Crippen molar-refractivity contribution in [1.29, 1.82) is 0 Å². The van der Waals surface area contributed by atoms with Crippen molar-refractivity contribution in [2.24, 2.45) is 0 Å². The monoisotopic (exact) mass is 780 g/mol. The number of benzene rings is 10. The van der Waals surface area contributed by atoms with Crippen LogP contribution in [0, 0.1) is 0 Å². The summed E-state index contributed by atoms with van der Waals surface area (Å²) >= 11 is 0. The minimum Gasteiger partial charge on any atom is -0.310 e. The molecule has 0 radical (unpaired) electrons. The molecule has 10 aromatic rings. The van der Waals surface area contributed by atoms with Crippen molar-refractivity contribution in [3.63, 3.8) is 0 Å². The summed E-state index contributed by atoms with van der Waals surface area (Å²) in [4.78, 5) is 4.64. The first kappa shape index (κ1) is 37.3. The van der Waals surface area contributed by atoms with E-state index in [-0.39, 0.29) is 0 Å². The lowest BCUT2D eigenvalue weighted by Crippen LogP contribution is -2.09. The van der Waals surface area contributed by atoms with Crippen LogP contribution in [0.2, 0.25) is 0 Å². The Bertz CT molecular complexity index is 3110. The summed E-state index contributed by atoms with van der Waals surface area (Å²) in [5, 5.41) is 7.25. The molecule has 0 unspecified atom stereocenters. The molecular formula is C59H44N2. The van der Waals surface area contributed by atoms with Gasteiger partial charge in [-0.15, -0.1) is 0 Å². The van der Waals surface area contributed by atoms with Crippen molar-refractivity contribution in [3.05, 3.63) is 248 Å². The molecule has 0 N–H and O–H groups in total. The fraction of sp³-hybridized carbons (Fsp3) is 0.0169. The number of anilines is 6. The Hall–Kier alpha value is -7.94. The number of fused-ring (bicyclic) bond motifs is 3. The topological polar surface area (TPSA) is 6.48 Å². The van der Waals surface area contributed by atoms with Crippen molar-refractivity contribution in [2.45, 2.75) is 6.92 Å². The maximum absolute atomic E-state index is 2.38. The lowest BCUT2D eigenvalue weighted by Gasteiger charge is -2.26. The fourth-order valence-electron chi connectivity index (χ4n) is 8.63. The highest BCUT2D eigenvalue weighted by Crippen LogP contribution is 2.43. The second-order valence-electron chi connectivity index (χ2n) is 15.3. The van der Waals surface area contributed by atoms with Crippen LogP contribution >= 0.6 is 0 Å². The van der Waals surface area contributed by atoms with Crippen LogP contribution in [0.4, 0.5) is 34.1 Å². The van der Waals surface area contributed by atoms with E-state index in [0.29, 0.717) is 0 Å². The minimum absolute atomic E-state index is 1.12. The van der Waals surface area contributed by atoms with Crippen LogP contribution in [-0.4, -0.2) is 0 Å². The summed E-state index contributed by atoms with van der Waals surface area (Å²) in [5.74, 6) is 0. The molecule has 0 aromatic heterocycles. The molecule has 0 aliphatic rings. The van der Waals surface area contributed by atoms with Crippen LogP contribution < -0.4 is 9.80 Å². The lowest BCUT2D eigenvalue weighted by atomic mass is 9.87. The Balaban J connectivity index is 1.06. The molecule has 0 bridgehead atoms. The third-order valence-electron chi connectivity index (χ3n) is 11.5. The van der Waals surface area contributed by atoms with Gasteiger partial charge < -0.3 is 9.80 Å². The van der Waals surface area contributed by atoms with Gasteiger partial charge in [-0.25, -0.2) is 0 Å². The van der Waals surface area contributed by atoms with Gasteiger partial charge in [0.05, 0.1) is 0 Å². The number of para-hydroxylation sites is 4. The molecule has 61 heavy (non-hydrogen) atoms. The second kappa shape index (κ2) is 16.7. The normalized spacial score (nSPS) is 11.6. The van der Waals surface area contributed by atoms with E-state index in [2.05, 4.69) is 265 Å². The van der Waals surface area contributed by atoms with Crippen LogP contribution in [-0.2, 0) is 0 Å². The van der Waals surface area contributed by atoms with Gasteiger partial charge in [0.15, 0.2) is 0 Å². The molecule has 0 saturated carbocycles. The summed E-state index contributed by atoms with van der Waals surface area (Å²) in [6.45, 7) is 2.06. The first-order chi connectivity index (χ1) is 30.2. The third-order valence-corrected chi connectivity index (χ3v) is 11.5. The standard InChI is InChI=1S/C59H44N2/c1-2-3-8-19-48-42-58(47-32-30-45-40-54(36-34-43(45)38-47)60(50-20-9-4-10-21-50)51-22-11-5-12-23-51)56-28-17-18-29-57(56)59(48)49-33-31-46-41-55(37-35-44(46)39-49)61(52-24-13-6-14-25-52)53-26-15-7-16-27-53/h2-42H,1H3/b3-2-,19-8-. The highest BCUT2D eigenvalue weighted by Gasteiger charge is 2.18. The molecule has 0 heterocycles. The minimum atomic E-state index is 1.12. The summed E-state index contributed by atoms with van der Waals surface area (Å²) in [7, 11) is 0. The SMILES string of the molecule is C/C=C\C=C/c1cc(-c2ccc3cc(N(c4ccccc4)c4ccccc4)ccc3c2)c2ccccc2c1-c1ccc2cc(N(c3ccccc3)c3ccccc3)ccc2c1. The van der Waals surface area contributed by atoms with Crippen molar-refractivity contribution >= 4 is 72.5 Å². The third kappa shape index (κ3) is 7.48. The van der Waals surface area contributed by atoms with Crippen LogP contribution in [0.15, 0.2) is 243 Å². The Morgan fingerprint density at radius 1 is 0.328 bits per heavy atom. The van der Waals surface area contributed by atoms with Gasteiger partial charge in [0.2, 0.25) is 0 Å². The largest absolute Gasteiger partial charge is 0.310 e. The Morgan fingerprint density at radius 3 is 1.23 bits per heavy atom. The van der Waals surface area contributed by atoms with E-state index in [9.17, 15) is 0 Å². The highest BCUT2D eigenvalue weighted by atomic mass is 15.1. The maximum atomic E-state index is 2.38. The second-order valence-corrected chi connectivity index (χ2v) is 15.3. The van der Waals surface area contributed by atoms with Crippen molar-refractivity contribution in [1.82, 2.24) is 0 Å². The highest BCUT2D eigenvalue weighted by molar-refractivity contribution is 6.10. The molecule has 0 aliphatic heterocycles. The molecule has 0 spiro atoms. The van der Waals surface area contributed by atoms with Gasteiger partial charge in [0.25, 0.3) is 0 Å². The Morgan fingerprint density at radius 2 is 0.738 bits per heavy atom. The van der Waals surface area contributed by atoms with Gasteiger partial charge in [-0.3, -0.25) is 0 Å². The van der Waals surface area contributed by atoms with Gasteiger partial charge >= 0.3 is 0 Å². The van der Waals surface area contributed by atoms with Gasteiger partial charge in [0.1, 0.15) is 0 Å². The van der Waals surface area contributed by atoms with Gasteiger partial charge in [-0.1, -0.05) is 158 Å². The Labute approximate surface area is 358 Å². The van der Waals surface area contributed by atoms with E-state index in [1.807, 2.05) is 0 Å². The number of hydrogen-bond acceptors (Lipinski definition) is 2. The summed E-state index contributed by atoms with van der Waals surface area (Å²) < 4.78 is 0. The predicted octanol–water partition coefficient (Wildman–Crippen LogP) is 17.0. The smallest absolute Gasteiger partial charge is 0.0468 e. The van der Waals surface area contributed by atoms with Crippen molar-refractivity contribution in [3.8, 4) is 22.3 Å². The molecule has 0 saturated heterocycles. The maximum Gasteiger partial charge on any atom is 0.0468 e. The molecule has 10 aromatic carbocycles. The van der Waals surface area contributed by atoms with E-state index in [0.717, 1.165) is 34.1 Å². The lowest BCUT2D eigenvalue weighted by molar-refractivity contribution is 1.29. The van der Waals surface area contributed by atoms with Gasteiger partial charge in [-0.05, 0) is 158 Å². The van der Waals surface area contributed by atoms with E-state index in [1.165, 1.54) is 60.1 Å². The molecule has 0 aliphatic carbocycles. The molecule has 2 nitrogen and oxygen atoms in total. The van der Waals surface area contributed by atoms with Crippen LogP contribution in [0.5, 0.6) is 0 Å². The predicted molar refractivity (Wildman–Crippen MR) is 263 cm³/mol. The first-order valence-corrected chi connectivity index (χ1v) is 21.0. The first-order valence-electron chi connectivity index (χ1n) is 21.0. The summed E-state index contributed by atoms with van der Waals surface area (Å²) in [6.07, 6.45) is 8.59. The van der Waals surface area contributed by atoms with E-state index >= 15 is 0 Å². The zero-order chi connectivity index (χ0) is 41.0. The van der Waals surface area contributed by atoms with Gasteiger partial charge in [0, 0.05) is 34.1 Å². The van der Waals surface area contributed by atoms with Crippen molar-refractivity contribution < 1.29 is 0 Å². The number of nitrogens with zero attached hydrogens (tertiary/aromatic N) is 2. The van der Waals surface area contributed by atoms with E-state index in [1.54, 1.807) is 0 Å². The van der Waals surface area contributed by atoms with E-state index < -0.39 is 0 Å². The average molecular weight is 781 g/mol. The van der Waals surface area contributed by atoms with Crippen molar-refractivity contribution in [2.75, 3.05) is 9.80 Å². The molecular weight excluding hydrogens is 737 g/mol. The number of allylic oxidation sites excluding steroid dienone is 3. The van der Waals surface area contributed by atoms with E-state index in [4.69, 9.17) is 0 Å². The summed E-state index contributed by atoms with van der Waals surface area (Å²) in [6, 6.07) is 81.0.